The van der Waals surface area contributed by atoms with Gasteiger partial charge in [-0.25, -0.2) is 17.9 Å². The van der Waals surface area contributed by atoms with E-state index in [9.17, 15) is 13.2 Å². The molecule has 0 saturated heterocycles. The van der Waals surface area contributed by atoms with Crippen LogP contribution in [0.4, 0.5) is 0 Å². The van der Waals surface area contributed by atoms with E-state index in [1.165, 1.54) is 12.1 Å². The molecule has 7 heteroatoms. The van der Waals surface area contributed by atoms with Crippen molar-refractivity contribution < 1.29 is 18.3 Å². The van der Waals surface area contributed by atoms with E-state index >= 15 is 0 Å². The predicted molar refractivity (Wildman–Crippen MR) is 81.6 cm³/mol. The highest BCUT2D eigenvalue weighted by Gasteiger charge is 2.17. The number of hydrogen-bond donors (Lipinski definition) is 2. The Morgan fingerprint density at radius 3 is 2.70 bits per heavy atom. The van der Waals surface area contributed by atoms with Gasteiger partial charge in [0.15, 0.2) is 0 Å². The maximum Gasteiger partial charge on any atom is 0.335 e. The van der Waals surface area contributed by atoms with Crippen LogP contribution < -0.4 is 4.72 Å². The Kier molecular flexibility index (Phi) is 6.51. The van der Waals surface area contributed by atoms with Gasteiger partial charge in [0.1, 0.15) is 0 Å². The van der Waals surface area contributed by atoms with Gasteiger partial charge in [0.25, 0.3) is 0 Å². The van der Waals surface area contributed by atoms with Gasteiger partial charge in [-0.3, -0.25) is 0 Å². The van der Waals surface area contributed by atoms with Crippen LogP contribution in [-0.4, -0.2) is 37.5 Å². The summed E-state index contributed by atoms with van der Waals surface area (Å²) in [6.07, 6.45) is 2.64. The van der Waals surface area contributed by atoms with Crippen molar-refractivity contribution in [1.82, 2.24) is 4.72 Å². The zero-order valence-corrected chi connectivity index (χ0v) is 13.1. The van der Waals surface area contributed by atoms with Crippen LogP contribution in [0, 0.1) is 0 Å². The third-order valence-corrected chi connectivity index (χ3v) is 4.88. The Bertz CT molecular complexity index is 557. The molecule has 0 amide bonds. The summed E-state index contributed by atoms with van der Waals surface area (Å²) in [7, 11) is -3.47. The van der Waals surface area contributed by atoms with Crippen molar-refractivity contribution in [1.29, 1.82) is 0 Å². The number of rotatable bonds is 8. The fourth-order valence-electron chi connectivity index (χ4n) is 1.75. The summed E-state index contributed by atoms with van der Waals surface area (Å²) >= 11 is 1.58. The number of carbonyl (C=O) groups is 1. The second-order valence-corrected chi connectivity index (χ2v) is 7.11. The number of hydrogen-bond acceptors (Lipinski definition) is 4. The first-order chi connectivity index (χ1) is 9.38. The van der Waals surface area contributed by atoms with Gasteiger partial charge in [-0.2, -0.15) is 11.8 Å². The minimum Gasteiger partial charge on any atom is -0.478 e. The van der Waals surface area contributed by atoms with Gasteiger partial charge >= 0.3 is 5.97 Å². The molecule has 1 aromatic carbocycles. The first kappa shape index (κ1) is 17.0. The van der Waals surface area contributed by atoms with Crippen molar-refractivity contribution in [3.8, 4) is 0 Å². The highest BCUT2D eigenvalue weighted by Crippen LogP contribution is 2.10. The molecule has 2 N–H and O–H groups in total. The standard InChI is InChI=1S/C13H19NO4S2/c1-3-12(8-19-2)14-20(17,18)9-10-5-4-6-11(7-10)13(15)16/h4-7,12,14H,3,8-9H2,1-2H3,(H,15,16). The lowest BCUT2D eigenvalue weighted by atomic mass is 10.1. The molecule has 0 aromatic heterocycles. The van der Waals surface area contributed by atoms with Crippen molar-refractivity contribution in [3.63, 3.8) is 0 Å². The van der Waals surface area contributed by atoms with Crippen LogP contribution in [0.1, 0.15) is 29.3 Å². The summed E-state index contributed by atoms with van der Waals surface area (Å²) < 4.78 is 26.8. The van der Waals surface area contributed by atoms with E-state index < -0.39 is 16.0 Å². The van der Waals surface area contributed by atoms with E-state index in [1.807, 2.05) is 13.2 Å². The van der Waals surface area contributed by atoms with Gasteiger partial charge < -0.3 is 5.11 Å². The fraction of sp³-hybridized carbons (Fsp3) is 0.462. The Balaban J connectivity index is 2.80. The molecule has 1 atom stereocenters. The minimum atomic E-state index is -3.47. The summed E-state index contributed by atoms with van der Waals surface area (Å²) in [5, 5.41) is 8.89. The molecular formula is C13H19NO4S2. The summed E-state index contributed by atoms with van der Waals surface area (Å²) in [5.74, 6) is -0.560. The van der Waals surface area contributed by atoms with Crippen LogP contribution in [0.15, 0.2) is 24.3 Å². The summed E-state index contributed by atoms with van der Waals surface area (Å²) in [4.78, 5) is 10.9. The van der Waals surface area contributed by atoms with Gasteiger partial charge in [0, 0.05) is 11.8 Å². The van der Waals surface area contributed by atoms with E-state index in [0.717, 1.165) is 6.42 Å². The molecular weight excluding hydrogens is 298 g/mol. The SMILES string of the molecule is CCC(CSC)NS(=O)(=O)Cc1cccc(C(=O)O)c1. The van der Waals surface area contributed by atoms with Crippen molar-refractivity contribution in [2.45, 2.75) is 25.1 Å². The van der Waals surface area contributed by atoms with Gasteiger partial charge in [-0.1, -0.05) is 19.1 Å². The van der Waals surface area contributed by atoms with Crippen molar-refractivity contribution in [3.05, 3.63) is 35.4 Å². The number of benzene rings is 1. The predicted octanol–water partition coefficient (Wildman–Crippen LogP) is 1.95. The average molecular weight is 317 g/mol. The van der Waals surface area contributed by atoms with Crippen LogP contribution in [0.2, 0.25) is 0 Å². The number of nitrogens with one attached hydrogen (secondary N) is 1. The molecule has 0 aliphatic rings. The number of sulfonamides is 1. The molecule has 1 rings (SSSR count). The van der Waals surface area contributed by atoms with E-state index in [1.54, 1.807) is 23.9 Å². The second-order valence-electron chi connectivity index (χ2n) is 4.44. The maximum atomic E-state index is 12.1. The molecule has 0 spiro atoms. The van der Waals surface area contributed by atoms with Crippen LogP contribution >= 0.6 is 11.8 Å². The summed E-state index contributed by atoms with van der Waals surface area (Å²) in [6, 6.07) is 5.89. The molecule has 0 aliphatic heterocycles. The molecule has 0 aliphatic carbocycles. The molecule has 112 valence electrons. The lowest BCUT2D eigenvalue weighted by Gasteiger charge is -2.16. The molecule has 0 saturated carbocycles. The topological polar surface area (TPSA) is 83.5 Å². The highest BCUT2D eigenvalue weighted by atomic mass is 32.2. The van der Waals surface area contributed by atoms with E-state index in [0.29, 0.717) is 11.3 Å². The Morgan fingerprint density at radius 2 is 2.15 bits per heavy atom. The van der Waals surface area contributed by atoms with Crippen molar-refractivity contribution >= 4 is 27.8 Å². The third-order valence-electron chi connectivity index (χ3n) is 2.74. The number of carboxylic acids is 1. The van der Waals surface area contributed by atoms with Crippen molar-refractivity contribution in [2.24, 2.45) is 0 Å². The maximum absolute atomic E-state index is 12.1. The van der Waals surface area contributed by atoms with Gasteiger partial charge in [0.05, 0.1) is 11.3 Å². The van der Waals surface area contributed by atoms with Crippen LogP contribution in [0.5, 0.6) is 0 Å². The van der Waals surface area contributed by atoms with E-state index in [4.69, 9.17) is 5.11 Å². The number of carboxylic acid groups (broad SMARTS) is 1. The quantitative estimate of drug-likeness (QED) is 0.765. The molecule has 0 radical (unpaired) electrons. The molecule has 0 bridgehead atoms. The van der Waals surface area contributed by atoms with Crippen LogP contribution in [-0.2, 0) is 15.8 Å². The smallest absolute Gasteiger partial charge is 0.335 e. The Morgan fingerprint density at radius 1 is 1.45 bits per heavy atom. The molecule has 20 heavy (non-hydrogen) atoms. The number of aromatic carboxylic acids is 1. The second kappa shape index (κ2) is 7.66. The molecule has 1 aromatic rings. The van der Waals surface area contributed by atoms with Crippen LogP contribution in [0.25, 0.3) is 0 Å². The largest absolute Gasteiger partial charge is 0.478 e. The lowest BCUT2D eigenvalue weighted by Crippen LogP contribution is -2.36. The molecule has 0 heterocycles. The zero-order chi connectivity index (χ0) is 15.2. The average Bonchev–Trinajstić information content (AvgIpc) is 2.37. The first-order valence-corrected chi connectivity index (χ1v) is 9.23. The Labute approximate surface area is 123 Å². The monoisotopic (exact) mass is 317 g/mol. The summed E-state index contributed by atoms with van der Waals surface area (Å²) in [6.45, 7) is 1.93. The van der Waals surface area contributed by atoms with E-state index in [-0.39, 0.29) is 17.4 Å². The Hall–Kier alpha value is -1.05. The van der Waals surface area contributed by atoms with Crippen LogP contribution in [0.3, 0.4) is 0 Å². The minimum absolute atomic E-state index is 0.0915. The third kappa shape index (κ3) is 5.52. The fourth-order valence-corrected chi connectivity index (χ4v) is 4.03. The van der Waals surface area contributed by atoms with Gasteiger partial charge in [-0.05, 0) is 30.4 Å². The highest BCUT2D eigenvalue weighted by molar-refractivity contribution is 7.98. The van der Waals surface area contributed by atoms with E-state index in [2.05, 4.69) is 4.72 Å². The summed E-state index contributed by atoms with van der Waals surface area (Å²) in [5.41, 5.74) is 0.560. The van der Waals surface area contributed by atoms with Gasteiger partial charge in [0.2, 0.25) is 10.0 Å². The zero-order valence-electron chi connectivity index (χ0n) is 11.5. The molecule has 5 nitrogen and oxygen atoms in total. The lowest BCUT2D eigenvalue weighted by molar-refractivity contribution is 0.0696. The van der Waals surface area contributed by atoms with Crippen molar-refractivity contribution in [2.75, 3.05) is 12.0 Å². The normalized spacial score (nSPS) is 13.1. The van der Waals surface area contributed by atoms with Gasteiger partial charge in [-0.15, -0.1) is 0 Å². The number of thioether (sulfide) groups is 1. The molecule has 0 fully saturated rings. The molecule has 1 unspecified atom stereocenters. The first-order valence-electron chi connectivity index (χ1n) is 6.19.